The van der Waals surface area contributed by atoms with E-state index in [1.807, 2.05) is 37.3 Å². The van der Waals surface area contributed by atoms with E-state index in [-0.39, 0.29) is 11.6 Å². The topological polar surface area (TPSA) is 71.3 Å². The van der Waals surface area contributed by atoms with Gasteiger partial charge in [0, 0.05) is 17.3 Å². The molecule has 0 aliphatic rings. The Bertz CT molecular complexity index is 912. The van der Waals surface area contributed by atoms with Crippen molar-refractivity contribution in [2.24, 2.45) is 0 Å². The van der Waals surface area contributed by atoms with Crippen molar-refractivity contribution in [1.29, 1.82) is 0 Å². The fourth-order valence-electron chi connectivity index (χ4n) is 2.29. The first-order valence-corrected chi connectivity index (χ1v) is 8.11. The van der Waals surface area contributed by atoms with Gasteiger partial charge in [0.15, 0.2) is 0 Å². The van der Waals surface area contributed by atoms with E-state index in [0.717, 1.165) is 5.56 Å². The molecule has 0 fully saturated rings. The van der Waals surface area contributed by atoms with Crippen LogP contribution < -0.4 is 10.6 Å². The third-order valence-corrected chi connectivity index (χ3v) is 3.67. The number of hydrogen-bond acceptors (Lipinski definition) is 3. The summed E-state index contributed by atoms with van der Waals surface area (Å²) in [6, 6.07) is 19.5. The van der Waals surface area contributed by atoms with Crippen molar-refractivity contribution < 1.29 is 14.0 Å². The molecule has 130 valence electrons. The van der Waals surface area contributed by atoms with Gasteiger partial charge in [-0.2, -0.15) is 0 Å². The Hall–Kier alpha value is -3.60. The van der Waals surface area contributed by atoms with Crippen LogP contribution in [0.1, 0.15) is 21.7 Å². The molecule has 0 aliphatic carbocycles. The summed E-state index contributed by atoms with van der Waals surface area (Å²) in [5, 5.41) is 5.42. The van der Waals surface area contributed by atoms with Gasteiger partial charge in [-0.1, -0.05) is 35.9 Å². The maximum atomic E-state index is 12.6. The molecule has 0 aliphatic heterocycles. The van der Waals surface area contributed by atoms with Crippen molar-refractivity contribution in [3.05, 3.63) is 95.6 Å². The summed E-state index contributed by atoms with van der Waals surface area (Å²) in [5.41, 5.74) is 2.24. The Morgan fingerprint density at radius 1 is 0.923 bits per heavy atom. The van der Waals surface area contributed by atoms with Crippen LogP contribution in [0.5, 0.6) is 0 Å². The third kappa shape index (κ3) is 4.48. The Labute approximate surface area is 151 Å². The minimum atomic E-state index is -0.437. The fourth-order valence-corrected chi connectivity index (χ4v) is 2.29. The number of carbonyl (C=O) groups is 2. The SMILES string of the molecule is Cc1ccc(C(=O)N/C(=C\c2ccco2)C(=O)Nc2ccccc2)cc1. The molecule has 0 saturated heterocycles. The lowest BCUT2D eigenvalue weighted by atomic mass is 10.1. The first-order chi connectivity index (χ1) is 12.6. The van der Waals surface area contributed by atoms with Crippen LogP contribution in [0.25, 0.3) is 6.08 Å². The largest absolute Gasteiger partial charge is 0.465 e. The van der Waals surface area contributed by atoms with Crippen molar-refractivity contribution in [1.82, 2.24) is 5.32 Å². The number of aryl methyl sites for hydroxylation is 1. The number of para-hydroxylation sites is 1. The summed E-state index contributed by atoms with van der Waals surface area (Å²) in [6.45, 7) is 1.94. The van der Waals surface area contributed by atoms with E-state index in [0.29, 0.717) is 17.0 Å². The maximum absolute atomic E-state index is 12.6. The van der Waals surface area contributed by atoms with Gasteiger partial charge in [0.25, 0.3) is 11.8 Å². The standard InChI is InChI=1S/C21H18N2O3/c1-15-9-11-16(12-10-15)20(24)23-19(14-18-8-5-13-26-18)21(25)22-17-6-3-2-4-7-17/h2-14H,1H3,(H,22,25)(H,23,24)/b19-14-. The summed E-state index contributed by atoms with van der Waals surface area (Å²) in [6.07, 6.45) is 2.99. The van der Waals surface area contributed by atoms with Crippen LogP contribution in [0.3, 0.4) is 0 Å². The van der Waals surface area contributed by atoms with Gasteiger partial charge in [0.1, 0.15) is 11.5 Å². The Kier molecular flexibility index (Phi) is 5.29. The predicted octanol–water partition coefficient (Wildman–Crippen LogP) is 4.00. The summed E-state index contributed by atoms with van der Waals surface area (Å²) < 4.78 is 5.26. The van der Waals surface area contributed by atoms with Gasteiger partial charge in [-0.3, -0.25) is 9.59 Å². The maximum Gasteiger partial charge on any atom is 0.272 e. The number of anilines is 1. The van der Waals surface area contributed by atoms with Crippen LogP contribution in [0.4, 0.5) is 5.69 Å². The summed E-state index contributed by atoms with van der Waals surface area (Å²) in [4.78, 5) is 25.1. The summed E-state index contributed by atoms with van der Waals surface area (Å²) in [5.74, 6) is -0.341. The first kappa shape index (κ1) is 17.2. The number of amides is 2. The Morgan fingerprint density at radius 3 is 2.31 bits per heavy atom. The van der Waals surface area contributed by atoms with E-state index in [2.05, 4.69) is 10.6 Å². The number of hydrogen-bond donors (Lipinski definition) is 2. The molecule has 0 bridgehead atoms. The van der Waals surface area contributed by atoms with Gasteiger partial charge in [0.05, 0.1) is 6.26 Å². The molecule has 0 spiro atoms. The number of furan rings is 1. The van der Waals surface area contributed by atoms with Gasteiger partial charge in [-0.15, -0.1) is 0 Å². The molecule has 3 aromatic rings. The average molecular weight is 346 g/mol. The molecule has 2 amide bonds. The smallest absolute Gasteiger partial charge is 0.272 e. The van der Waals surface area contributed by atoms with Crippen molar-refractivity contribution >= 4 is 23.6 Å². The number of nitrogens with one attached hydrogen (secondary N) is 2. The fraction of sp³-hybridized carbons (Fsp3) is 0.0476. The molecule has 1 aromatic heterocycles. The minimum absolute atomic E-state index is 0.0920. The highest BCUT2D eigenvalue weighted by atomic mass is 16.3. The van der Waals surface area contributed by atoms with Gasteiger partial charge in [0.2, 0.25) is 0 Å². The second-order valence-corrected chi connectivity index (χ2v) is 5.71. The highest BCUT2D eigenvalue weighted by Crippen LogP contribution is 2.11. The molecule has 0 radical (unpaired) electrons. The Balaban J connectivity index is 1.82. The molecule has 0 saturated carbocycles. The van der Waals surface area contributed by atoms with Crippen molar-refractivity contribution in [2.45, 2.75) is 6.92 Å². The normalized spacial score (nSPS) is 11.0. The lowest BCUT2D eigenvalue weighted by molar-refractivity contribution is -0.113. The van der Waals surface area contributed by atoms with Crippen LogP contribution in [-0.2, 0) is 4.79 Å². The minimum Gasteiger partial charge on any atom is -0.465 e. The first-order valence-electron chi connectivity index (χ1n) is 8.11. The summed E-state index contributed by atoms with van der Waals surface area (Å²) in [7, 11) is 0. The molecule has 2 aromatic carbocycles. The van der Waals surface area contributed by atoms with Crippen LogP contribution in [-0.4, -0.2) is 11.8 Å². The monoisotopic (exact) mass is 346 g/mol. The van der Waals surface area contributed by atoms with Gasteiger partial charge < -0.3 is 15.1 Å². The molecular formula is C21H18N2O3. The molecular weight excluding hydrogens is 328 g/mol. The van der Waals surface area contributed by atoms with Crippen LogP contribution >= 0.6 is 0 Å². The molecule has 0 unspecified atom stereocenters. The van der Waals surface area contributed by atoms with E-state index in [1.54, 1.807) is 36.4 Å². The van der Waals surface area contributed by atoms with Crippen LogP contribution in [0.2, 0.25) is 0 Å². The molecule has 5 nitrogen and oxygen atoms in total. The zero-order valence-electron chi connectivity index (χ0n) is 14.2. The van der Waals surface area contributed by atoms with Crippen LogP contribution in [0.15, 0.2) is 83.1 Å². The zero-order chi connectivity index (χ0) is 18.4. The van der Waals surface area contributed by atoms with E-state index in [4.69, 9.17) is 4.42 Å². The van der Waals surface area contributed by atoms with Crippen molar-refractivity contribution in [3.63, 3.8) is 0 Å². The number of carbonyl (C=O) groups excluding carboxylic acids is 2. The molecule has 0 atom stereocenters. The van der Waals surface area contributed by atoms with Gasteiger partial charge >= 0.3 is 0 Å². The second-order valence-electron chi connectivity index (χ2n) is 5.71. The third-order valence-electron chi connectivity index (χ3n) is 3.67. The zero-order valence-corrected chi connectivity index (χ0v) is 14.2. The van der Waals surface area contributed by atoms with Gasteiger partial charge in [-0.05, 0) is 43.3 Å². The van der Waals surface area contributed by atoms with Crippen molar-refractivity contribution in [2.75, 3.05) is 5.32 Å². The van der Waals surface area contributed by atoms with E-state index in [9.17, 15) is 9.59 Å². The molecule has 2 N–H and O–H groups in total. The lowest BCUT2D eigenvalue weighted by Crippen LogP contribution is -2.30. The number of benzene rings is 2. The number of rotatable bonds is 5. The lowest BCUT2D eigenvalue weighted by Gasteiger charge is -2.11. The van der Waals surface area contributed by atoms with E-state index in [1.165, 1.54) is 12.3 Å². The average Bonchev–Trinajstić information content (AvgIpc) is 3.15. The predicted molar refractivity (Wildman–Crippen MR) is 100 cm³/mol. The highest BCUT2D eigenvalue weighted by molar-refractivity contribution is 6.10. The Morgan fingerprint density at radius 2 is 1.65 bits per heavy atom. The van der Waals surface area contributed by atoms with Crippen molar-refractivity contribution in [3.8, 4) is 0 Å². The highest BCUT2D eigenvalue weighted by Gasteiger charge is 2.15. The molecule has 1 heterocycles. The van der Waals surface area contributed by atoms with E-state index >= 15 is 0 Å². The quantitative estimate of drug-likeness (QED) is 0.686. The van der Waals surface area contributed by atoms with Gasteiger partial charge in [-0.25, -0.2) is 0 Å². The molecule has 5 heteroatoms. The summed E-state index contributed by atoms with van der Waals surface area (Å²) >= 11 is 0. The second kappa shape index (κ2) is 7.98. The van der Waals surface area contributed by atoms with Crippen LogP contribution in [0, 0.1) is 6.92 Å². The molecule has 3 rings (SSSR count). The molecule has 26 heavy (non-hydrogen) atoms. The van der Waals surface area contributed by atoms with E-state index < -0.39 is 5.91 Å².